The molecule has 1 atom stereocenters. The molecule has 0 fully saturated rings. The Morgan fingerprint density at radius 3 is 2.33 bits per heavy atom. The molecule has 6 nitrogen and oxygen atoms in total. The Morgan fingerprint density at radius 1 is 1.13 bits per heavy atom. The summed E-state index contributed by atoms with van der Waals surface area (Å²) in [4.78, 5) is 12.6. The topological polar surface area (TPSA) is 75.7 Å². The molecule has 0 saturated heterocycles. The fourth-order valence-electron chi connectivity index (χ4n) is 2.93. The van der Waals surface area contributed by atoms with Gasteiger partial charge in [0.2, 0.25) is 15.9 Å². The number of ether oxygens (including phenoxy) is 1. The summed E-state index contributed by atoms with van der Waals surface area (Å²) in [5.74, 6) is 1.93. The predicted octanol–water partition coefficient (Wildman–Crippen LogP) is 3.60. The van der Waals surface area contributed by atoms with Crippen molar-refractivity contribution in [3.63, 3.8) is 0 Å². The fraction of sp³-hybridized carbons (Fsp3) is 0.409. The smallest absolute Gasteiger partial charge is 0.243 e. The lowest BCUT2D eigenvalue weighted by Crippen LogP contribution is -2.48. The molecule has 0 aromatic heterocycles. The van der Waals surface area contributed by atoms with Gasteiger partial charge < -0.3 is 10.1 Å². The number of nitrogens with zero attached hydrogens (tertiary/aromatic N) is 1. The van der Waals surface area contributed by atoms with E-state index in [1.165, 1.54) is 11.1 Å². The number of sulfonamides is 1. The molecule has 0 unspecified atom stereocenters. The summed E-state index contributed by atoms with van der Waals surface area (Å²) in [5.41, 5.74) is 2.90. The number of nitrogens with one attached hydrogen (secondary N) is 1. The van der Waals surface area contributed by atoms with Gasteiger partial charge in [-0.05, 0) is 50.6 Å². The van der Waals surface area contributed by atoms with E-state index < -0.39 is 16.1 Å². The van der Waals surface area contributed by atoms with Crippen molar-refractivity contribution in [1.29, 1.82) is 0 Å². The number of thioether (sulfide) groups is 1. The summed E-state index contributed by atoms with van der Waals surface area (Å²) >= 11 is 1.72. The average molecular weight is 451 g/mol. The van der Waals surface area contributed by atoms with Gasteiger partial charge in [-0.2, -0.15) is 11.8 Å². The zero-order chi connectivity index (χ0) is 22.1. The highest BCUT2D eigenvalue weighted by Gasteiger charge is 2.28. The molecule has 0 saturated carbocycles. The molecule has 1 amide bonds. The van der Waals surface area contributed by atoms with Crippen LogP contribution in [0.25, 0.3) is 0 Å². The molecule has 164 valence electrons. The number of amides is 1. The van der Waals surface area contributed by atoms with Crippen LogP contribution >= 0.6 is 11.8 Å². The average Bonchev–Trinajstić information content (AvgIpc) is 2.69. The number of hydrogen-bond donors (Lipinski definition) is 1. The fourth-order valence-corrected chi connectivity index (χ4v) is 4.93. The van der Waals surface area contributed by atoms with Crippen LogP contribution in [0, 0.1) is 6.92 Å². The van der Waals surface area contributed by atoms with Gasteiger partial charge in [-0.15, -0.1) is 0 Å². The van der Waals surface area contributed by atoms with Crippen molar-refractivity contribution in [3.05, 3.63) is 59.7 Å². The Bertz CT molecular complexity index is 913. The molecule has 0 bridgehead atoms. The molecule has 0 aliphatic carbocycles. The van der Waals surface area contributed by atoms with Crippen LogP contribution in [0.15, 0.2) is 48.5 Å². The van der Waals surface area contributed by atoms with E-state index in [2.05, 4.69) is 36.5 Å². The molecule has 8 heteroatoms. The van der Waals surface area contributed by atoms with Crippen molar-refractivity contribution in [3.8, 4) is 5.75 Å². The monoisotopic (exact) mass is 450 g/mol. The van der Waals surface area contributed by atoms with Crippen molar-refractivity contribution >= 4 is 33.4 Å². The number of aryl methyl sites for hydroxylation is 1. The summed E-state index contributed by atoms with van der Waals surface area (Å²) < 4.78 is 31.2. The van der Waals surface area contributed by atoms with E-state index in [4.69, 9.17) is 4.74 Å². The highest BCUT2D eigenvalue weighted by molar-refractivity contribution is 7.98. The first-order valence-electron chi connectivity index (χ1n) is 9.85. The number of hydrogen-bond acceptors (Lipinski definition) is 5. The Kier molecular flexibility index (Phi) is 9.05. The van der Waals surface area contributed by atoms with Crippen molar-refractivity contribution in [1.82, 2.24) is 5.32 Å². The minimum atomic E-state index is -3.64. The molecule has 2 rings (SSSR count). The molecule has 0 aliphatic rings. The van der Waals surface area contributed by atoms with Crippen molar-refractivity contribution in [2.75, 3.05) is 29.5 Å². The highest BCUT2D eigenvalue weighted by Crippen LogP contribution is 2.24. The van der Waals surface area contributed by atoms with Crippen molar-refractivity contribution < 1.29 is 17.9 Å². The molecule has 0 aliphatic heterocycles. The SMILES string of the molecule is CCOc1ccc(N([C@H](C)C(=O)NCCSCc2ccc(C)cc2)S(C)(=O)=O)cc1. The van der Waals surface area contributed by atoms with Crippen LogP contribution in [0.3, 0.4) is 0 Å². The van der Waals surface area contributed by atoms with E-state index >= 15 is 0 Å². The molecule has 30 heavy (non-hydrogen) atoms. The van der Waals surface area contributed by atoms with E-state index in [9.17, 15) is 13.2 Å². The maximum absolute atomic E-state index is 12.6. The second-order valence-electron chi connectivity index (χ2n) is 6.99. The van der Waals surface area contributed by atoms with Crippen LogP contribution in [0.2, 0.25) is 0 Å². The van der Waals surface area contributed by atoms with Crippen molar-refractivity contribution in [2.45, 2.75) is 32.6 Å². The lowest BCUT2D eigenvalue weighted by Gasteiger charge is -2.28. The van der Waals surface area contributed by atoms with Crippen LogP contribution < -0.4 is 14.4 Å². The first kappa shape index (κ1) is 24.1. The van der Waals surface area contributed by atoms with Crippen LogP contribution in [0.4, 0.5) is 5.69 Å². The molecule has 0 heterocycles. The summed E-state index contributed by atoms with van der Waals surface area (Å²) in [6.45, 7) is 6.52. The standard InChI is InChI=1S/C22H30N2O4S2/c1-5-28-21-12-10-20(11-13-21)24(30(4,26)27)18(3)22(25)23-14-15-29-16-19-8-6-17(2)7-9-19/h6-13,18H,5,14-16H2,1-4H3,(H,23,25)/t18-/m1/s1. The number of carbonyl (C=O) groups excluding carboxylic acids is 1. The highest BCUT2D eigenvalue weighted by atomic mass is 32.2. The maximum atomic E-state index is 12.6. The van der Waals surface area contributed by atoms with Gasteiger partial charge in [0.05, 0.1) is 18.6 Å². The van der Waals surface area contributed by atoms with Crippen molar-refractivity contribution in [2.24, 2.45) is 0 Å². The zero-order valence-corrected chi connectivity index (χ0v) is 19.6. The largest absolute Gasteiger partial charge is 0.494 e. The van der Waals surface area contributed by atoms with Crippen LogP contribution in [-0.4, -0.2) is 45.5 Å². The van der Waals surface area contributed by atoms with Gasteiger partial charge in [0, 0.05) is 18.1 Å². The number of rotatable bonds is 11. The second-order valence-corrected chi connectivity index (χ2v) is 9.96. The van der Waals surface area contributed by atoms with E-state index in [1.807, 2.05) is 6.92 Å². The third-order valence-electron chi connectivity index (χ3n) is 4.43. The first-order valence-corrected chi connectivity index (χ1v) is 12.9. The molecule has 0 spiro atoms. The molecular formula is C22H30N2O4S2. The Morgan fingerprint density at radius 2 is 1.77 bits per heavy atom. The zero-order valence-electron chi connectivity index (χ0n) is 17.9. The molecule has 2 aromatic rings. The van der Waals surface area contributed by atoms with Gasteiger partial charge in [0.1, 0.15) is 11.8 Å². The van der Waals surface area contributed by atoms with Gasteiger partial charge >= 0.3 is 0 Å². The first-order chi connectivity index (χ1) is 14.2. The summed E-state index contributed by atoms with van der Waals surface area (Å²) in [7, 11) is -3.64. The number of benzene rings is 2. The second kappa shape index (κ2) is 11.3. The molecule has 0 radical (unpaired) electrons. The normalized spacial score (nSPS) is 12.3. The third kappa shape index (κ3) is 7.25. The van der Waals surface area contributed by atoms with E-state index in [0.29, 0.717) is 24.6 Å². The Balaban J connectivity index is 1.91. The van der Waals surface area contributed by atoms with Gasteiger partial charge in [0.15, 0.2) is 0 Å². The summed E-state index contributed by atoms with van der Waals surface area (Å²) in [5, 5.41) is 2.84. The van der Waals surface area contributed by atoms with Crippen LogP contribution in [0.5, 0.6) is 5.75 Å². The van der Waals surface area contributed by atoms with Crippen LogP contribution in [-0.2, 0) is 20.6 Å². The Hall–Kier alpha value is -2.19. The molecular weight excluding hydrogens is 420 g/mol. The van der Waals surface area contributed by atoms with Gasteiger partial charge in [0.25, 0.3) is 0 Å². The lowest BCUT2D eigenvalue weighted by atomic mass is 10.2. The van der Waals surface area contributed by atoms with E-state index in [0.717, 1.165) is 22.1 Å². The van der Waals surface area contributed by atoms with Gasteiger partial charge in [-0.3, -0.25) is 9.10 Å². The van der Waals surface area contributed by atoms with E-state index in [1.54, 1.807) is 43.0 Å². The summed E-state index contributed by atoms with van der Waals surface area (Å²) in [6, 6.07) is 14.2. The summed E-state index contributed by atoms with van der Waals surface area (Å²) in [6.07, 6.45) is 1.10. The van der Waals surface area contributed by atoms with E-state index in [-0.39, 0.29) is 5.91 Å². The third-order valence-corrected chi connectivity index (χ3v) is 6.70. The predicted molar refractivity (Wildman–Crippen MR) is 125 cm³/mol. The molecule has 1 N–H and O–H groups in total. The minimum absolute atomic E-state index is 0.328. The maximum Gasteiger partial charge on any atom is 0.243 e. The number of carbonyl (C=O) groups is 1. The molecule has 2 aromatic carbocycles. The Labute approximate surface area is 184 Å². The quantitative estimate of drug-likeness (QED) is 0.530. The van der Waals surface area contributed by atoms with Gasteiger partial charge in [-0.1, -0.05) is 29.8 Å². The number of anilines is 1. The van der Waals surface area contributed by atoms with Crippen LogP contribution in [0.1, 0.15) is 25.0 Å². The lowest BCUT2D eigenvalue weighted by molar-refractivity contribution is -0.121. The minimum Gasteiger partial charge on any atom is -0.494 e. The van der Waals surface area contributed by atoms with Gasteiger partial charge in [-0.25, -0.2) is 8.42 Å².